The van der Waals surface area contributed by atoms with Gasteiger partial charge in [-0.15, -0.1) is 0 Å². The Kier molecular flexibility index (Phi) is 2.70. The maximum Gasteiger partial charge on any atom is 0.340 e. The first-order valence-corrected chi connectivity index (χ1v) is 4.91. The van der Waals surface area contributed by atoms with Gasteiger partial charge >= 0.3 is 5.97 Å². The number of carbonyl (C=O) groups is 1. The second kappa shape index (κ2) is 4.17. The summed E-state index contributed by atoms with van der Waals surface area (Å²) in [5.41, 5.74) is 13.4. The molecule has 0 radical (unpaired) electrons. The molecule has 0 saturated carbocycles. The number of carbonyl (C=O) groups excluding carboxylic acids is 1. The number of nitrogens with two attached hydrogens (primary N) is 2. The molecule has 6 heteroatoms. The predicted molar refractivity (Wildman–Crippen MR) is 64.2 cm³/mol. The number of esters is 1. The van der Waals surface area contributed by atoms with Crippen LogP contribution in [0.4, 0.5) is 11.5 Å². The molecule has 88 valence electrons. The van der Waals surface area contributed by atoms with Gasteiger partial charge in [0.25, 0.3) is 0 Å². The number of nitrogen functional groups attached to an aromatic ring is 2. The van der Waals surface area contributed by atoms with Gasteiger partial charge in [0.1, 0.15) is 5.82 Å². The van der Waals surface area contributed by atoms with Crippen LogP contribution in [0.5, 0.6) is 0 Å². The molecule has 0 aliphatic carbocycles. The largest absolute Gasteiger partial charge is 0.465 e. The molecule has 0 aliphatic heterocycles. The van der Waals surface area contributed by atoms with E-state index in [1.807, 2.05) is 0 Å². The van der Waals surface area contributed by atoms with Crippen LogP contribution >= 0.6 is 0 Å². The third-order valence-corrected chi connectivity index (χ3v) is 2.45. The van der Waals surface area contributed by atoms with E-state index >= 15 is 0 Å². The molecule has 2 aromatic rings. The minimum absolute atomic E-state index is 0.295. The zero-order chi connectivity index (χ0) is 12.4. The van der Waals surface area contributed by atoms with Crippen molar-refractivity contribution in [2.24, 2.45) is 0 Å². The van der Waals surface area contributed by atoms with Crippen LogP contribution in [0, 0.1) is 0 Å². The summed E-state index contributed by atoms with van der Waals surface area (Å²) >= 11 is 0. The summed E-state index contributed by atoms with van der Waals surface area (Å²) in [6, 6.07) is 5.11. The Balaban J connectivity index is 2.66. The summed E-state index contributed by atoms with van der Waals surface area (Å²) in [5, 5.41) is 6.42. The van der Waals surface area contributed by atoms with Crippen molar-refractivity contribution >= 4 is 17.5 Å². The van der Waals surface area contributed by atoms with E-state index in [-0.39, 0.29) is 0 Å². The molecule has 0 saturated heterocycles. The standard InChI is InChI=1S/C11H12N4O2/c1-17-11(16)9-6(3-2-4-8(9)12)7-5-14-15-10(7)13/h2-5H,12H2,1H3,(H3,13,14,15). The number of rotatable bonds is 2. The fourth-order valence-corrected chi connectivity index (χ4v) is 1.64. The fraction of sp³-hybridized carbons (Fsp3) is 0.0909. The molecule has 1 aromatic carbocycles. The van der Waals surface area contributed by atoms with Crippen molar-refractivity contribution in [2.45, 2.75) is 0 Å². The van der Waals surface area contributed by atoms with Crippen molar-refractivity contribution in [1.29, 1.82) is 0 Å². The lowest BCUT2D eigenvalue weighted by molar-refractivity contribution is 0.0603. The highest BCUT2D eigenvalue weighted by atomic mass is 16.5. The van der Waals surface area contributed by atoms with Crippen molar-refractivity contribution < 1.29 is 9.53 Å². The first kappa shape index (κ1) is 11.0. The highest BCUT2D eigenvalue weighted by molar-refractivity contribution is 6.03. The Morgan fingerprint density at radius 1 is 1.35 bits per heavy atom. The number of nitrogens with one attached hydrogen (secondary N) is 1. The normalized spacial score (nSPS) is 10.2. The van der Waals surface area contributed by atoms with Gasteiger partial charge in [-0.05, 0) is 6.07 Å². The van der Waals surface area contributed by atoms with Crippen LogP contribution in [0.15, 0.2) is 24.4 Å². The third-order valence-electron chi connectivity index (χ3n) is 2.45. The van der Waals surface area contributed by atoms with E-state index in [9.17, 15) is 4.79 Å². The molecule has 0 fully saturated rings. The van der Waals surface area contributed by atoms with Crippen molar-refractivity contribution in [3.05, 3.63) is 30.0 Å². The number of ether oxygens (including phenoxy) is 1. The van der Waals surface area contributed by atoms with Crippen LogP contribution in [0.3, 0.4) is 0 Å². The predicted octanol–water partition coefficient (Wildman–Crippen LogP) is 1.03. The smallest absolute Gasteiger partial charge is 0.340 e. The molecule has 0 spiro atoms. The number of benzene rings is 1. The molecule has 17 heavy (non-hydrogen) atoms. The molecule has 0 unspecified atom stereocenters. The van der Waals surface area contributed by atoms with Crippen molar-refractivity contribution in [2.75, 3.05) is 18.6 Å². The average Bonchev–Trinajstić information content (AvgIpc) is 2.74. The lowest BCUT2D eigenvalue weighted by Crippen LogP contribution is -2.07. The van der Waals surface area contributed by atoms with Gasteiger partial charge in [-0.3, -0.25) is 5.10 Å². The van der Waals surface area contributed by atoms with Gasteiger partial charge in [0.15, 0.2) is 0 Å². The van der Waals surface area contributed by atoms with Gasteiger partial charge in [-0.25, -0.2) is 4.79 Å². The van der Waals surface area contributed by atoms with Crippen LogP contribution in [0.2, 0.25) is 0 Å². The Hall–Kier alpha value is -2.50. The number of aromatic amines is 1. The molecule has 0 atom stereocenters. The van der Waals surface area contributed by atoms with Gasteiger partial charge in [0.05, 0.1) is 18.9 Å². The Bertz CT molecular complexity index is 562. The molecule has 1 aromatic heterocycles. The number of nitrogens with zero attached hydrogens (tertiary/aromatic N) is 1. The number of hydrogen-bond acceptors (Lipinski definition) is 5. The van der Waals surface area contributed by atoms with E-state index in [1.165, 1.54) is 13.3 Å². The SMILES string of the molecule is COC(=O)c1c(N)cccc1-c1cn[nH]c1N. The van der Waals surface area contributed by atoms with E-state index in [1.54, 1.807) is 18.2 Å². The van der Waals surface area contributed by atoms with E-state index < -0.39 is 5.97 Å². The third kappa shape index (κ3) is 1.80. The summed E-state index contributed by atoms with van der Waals surface area (Å²) in [6.07, 6.45) is 1.54. The number of aromatic nitrogens is 2. The van der Waals surface area contributed by atoms with Gasteiger partial charge in [-0.2, -0.15) is 5.10 Å². The summed E-state index contributed by atoms with van der Waals surface area (Å²) in [4.78, 5) is 11.7. The van der Waals surface area contributed by atoms with Crippen molar-refractivity contribution in [3.8, 4) is 11.1 Å². The van der Waals surface area contributed by atoms with E-state index in [0.29, 0.717) is 28.2 Å². The molecular formula is C11H12N4O2. The van der Waals surface area contributed by atoms with Gasteiger partial charge in [0, 0.05) is 16.8 Å². The monoisotopic (exact) mass is 232 g/mol. The Morgan fingerprint density at radius 3 is 2.71 bits per heavy atom. The number of methoxy groups -OCH3 is 1. The highest BCUT2D eigenvalue weighted by Crippen LogP contribution is 2.30. The summed E-state index contributed by atoms with van der Waals surface area (Å²) in [5.74, 6) is -0.126. The first-order valence-electron chi connectivity index (χ1n) is 4.91. The highest BCUT2D eigenvalue weighted by Gasteiger charge is 2.18. The molecule has 2 rings (SSSR count). The summed E-state index contributed by atoms with van der Waals surface area (Å²) in [7, 11) is 1.30. The molecule has 5 N–H and O–H groups in total. The average molecular weight is 232 g/mol. The molecule has 0 amide bonds. The van der Waals surface area contributed by atoms with Crippen molar-refractivity contribution in [3.63, 3.8) is 0 Å². The van der Waals surface area contributed by atoms with Crippen molar-refractivity contribution in [1.82, 2.24) is 10.2 Å². The molecule has 0 aliphatic rings. The summed E-state index contributed by atoms with van der Waals surface area (Å²) < 4.78 is 4.71. The maximum absolute atomic E-state index is 11.7. The quantitative estimate of drug-likeness (QED) is 0.529. The second-order valence-electron chi connectivity index (χ2n) is 3.46. The number of anilines is 2. The number of hydrogen-bond donors (Lipinski definition) is 3. The Morgan fingerprint density at radius 2 is 2.12 bits per heavy atom. The number of H-pyrrole nitrogens is 1. The molecule has 1 heterocycles. The van der Waals surface area contributed by atoms with Crippen LogP contribution < -0.4 is 11.5 Å². The Labute approximate surface area is 97.6 Å². The second-order valence-corrected chi connectivity index (χ2v) is 3.46. The molecular weight excluding hydrogens is 220 g/mol. The van der Waals surface area contributed by atoms with E-state index in [4.69, 9.17) is 16.2 Å². The van der Waals surface area contributed by atoms with E-state index in [2.05, 4.69) is 10.2 Å². The van der Waals surface area contributed by atoms with Crippen LogP contribution in [0.1, 0.15) is 10.4 Å². The lowest BCUT2D eigenvalue weighted by atomic mass is 10.0. The molecule has 6 nitrogen and oxygen atoms in total. The fourth-order valence-electron chi connectivity index (χ4n) is 1.64. The maximum atomic E-state index is 11.7. The van der Waals surface area contributed by atoms with Gasteiger partial charge in [-0.1, -0.05) is 12.1 Å². The lowest BCUT2D eigenvalue weighted by Gasteiger charge is -2.09. The zero-order valence-electron chi connectivity index (χ0n) is 9.23. The molecule has 0 bridgehead atoms. The van der Waals surface area contributed by atoms with Crippen LogP contribution in [0.25, 0.3) is 11.1 Å². The minimum atomic E-state index is -0.501. The first-order chi connectivity index (χ1) is 8.15. The minimum Gasteiger partial charge on any atom is -0.465 e. The van der Waals surface area contributed by atoms with E-state index in [0.717, 1.165) is 0 Å². The topological polar surface area (TPSA) is 107 Å². The zero-order valence-corrected chi connectivity index (χ0v) is 9.23. The van der Waals surface area contributed by atoms with Crippen LogP contribution in [-0.4, -0.2) is 23.3 Å². The van der Waals surface area contributed by atoms with Gasteiger partial charge < -0.3 is 16.2 Å². The van der Waals surface area contributed by atoms with Crippen LogP contribution in [-0.2, 0) is 4.74 Å². The van der Waals surface area contributed by atoms with Gasteiger partial charge in [0.2, 0.25) is 0 Å². The summed E-state index contributed by atoms with van der Waals surface area (Å²) in [6.45, 7) is 0.